The highest BCUT2D eigenvalue weighted by Crippen LogP contribution is 2.29. The Morgan fingerprint density at radius 1 is 1.10 bits per heavy atom. The van der Waals surface area contributed by atoms with Crippen molar-refractivity contribution in [1.29, 1.82) is 0 Å². The number of carboxylic acid groups (broad SMARTS) is 1. The topological polar surface area (TPSA) is 75.6 Å². The maximum Gasteiger partial charge on any atom is 0.341 e. The van der Waals surface area contributed by atoms with Crippen LogP contribution in [0.1, 0.15) is 20.7 Å². The number of hydrogen-bond donors (Lipinski definition) is 2. The first-order valence-corrected chi connectivity index (χ1v) is 6.38. The van der Waals surface area contributed by atoms with Crippen LogP contribution in [-0.4, -0.2) is 24.2 Å². The van der Waals surface area contributed by atoms with E-state index < -0.39 is 11.9 Å². The Kier molecular flexibility index (Phi) is 4.45. The van der Waals surface area contributed by atoms with Gasteiger partial charge in [-0.15, -0.1) is 0 Å². The summed E-state index contributed by atoms with van der Waals surface area (Å²) in [6.45, 7) is 0. The van der Waals surface area contributed by atoms with Crippen molar-refractivity contribution in [2.75, 3.05) is 12.4 Å². The van der Waals surface area contributed by atoms with Crippen LogP contribution in [0, 0.1) is 0 Å². The second kappa shape index (κ2) is 6.28. The smallest absolute Gasteiger partial charge is 0.341 e. The van der Waals surface area contributed by atoms with Gasteiger partial charge in [-0.2, -0.15) is 0 Å². The average Bonchev–Trinajstić information content (AvgIpc) is 2.47. The second-order valence-corrected chi connectivity index (χ2v) is 4.54. The minimum atomic E-state index is -1.07. The maximum absolute atomic E-state index is 11.8. The standard InChI is InChI=1S/C15H12ClNO4/c1-21-15(20)13-10(16)6-4-8-12(13)17-11-7-3-2-5-9(11)14(18)19/h2-8,17H,1H3,(H,18,19). The van der Waals surface area contributed by atoms with E-state index in [1.165, 1.54) is 13.2 Å². The highest BCUT2D eigenvalue weighted by molar-refractivity contribution is 6.34. The molecule has 0 saturated heterocycles. The monoisotopic (exact) mass is 305 g/mol. The van der Waals surface area contributed by atoms with E-state index in [-0.39, 0.29) is 16.1 Å². The van der Waals surface area contributed by atoms with Crippen LogP contribution in [0.15, 0.2) is 42.5 Å². The minimum absolute atomic E-state index is 0.0910. The van der Waals surface area contributed by atoms with Gasteiger partial charge in [0.2, 0.25) is 0 Å². The van der Waals surface area contributed by atoms with Gasteiger partial charge in [-0.1, -0.05) is 29.8 Å². The summed E-state index contributed by atoms with van der Waals surface area (Å²) in [7, 11) is 1.25. The van der Waals surface area contributed by atoms with Crippen LogP contribution < -0.4 is 5.32 Å². The third-order valence-electron chi connectivity index (χ3n) is 2.83. The molecule has 6 heteroatoms. The van der Waals surface area contributed by atoms with E-state index >= 15 is 0 Å². The Balaban J connectivity index is 2.48. The second-order valence-electron chi connectivity index (χ2n) is 4.13. The lowest BCUT2D eigenvalue weighted by Gasteiger charge is -2.13. The first-order valence-electron chi connectivity index (χ1n) is 6.00. The summed E-state index contributed by atoms with van der Waals surface area (Å²) in [6.07, 6.45) is 0. The number of carbonyl (C=O) groups is 2. The molecule has 0 atom stereocenters. The Morgan fingerprint density at radius 3 is 2.43 bits per heavy atom. The fourth-order valence-electron chi connectivity index (χ4n) is 1.86. The zero-order valence-electron chi connectivity index (χ0n) is 11.1. The number of ether oxygens (including phenoxy) is 1. The van der Waals surface area contributed by atoms with Gasteiger partial charge in [0, 0.05) is 0 Å². The van der Waals surface area contributed by atoms with E-state index in [2.05, 4.69) is 5.32 Å². The number of esters is 1. The molecule has 0 heterocycles. The Hall–Kier alpha value is -2.53. The number of nitrogens with one attached hydrogen (secondary N) is 1. The molecule has 0 aliphatic carbocycles. The fourth-order valence-corrected chi connectivity index (χ4v) is 2.11. The molecule has 0 saturated carbocycles. The predicted octanol–water partition coefficient (Wildman–Crippen LogP) is 3.57. The molecule has 0 fully saturated rings. The fraction of sp³-hybridized carbons (Fsp3) is 0.0667. The Bertz CT molecular complexity index is 700. The van der Waals surface area contributed by atoms with E-state index in [1.807, 2.05) is 0 Å². The van der Waals surface area contributed by atoms with Crippen LogP contribution in [0.3, 0.4) is 0 Å². The summed E-state index contributed by atoms with van der Waals surface area (Å²) in [4.78, 5) is 23.0. The molecule has 0 aliphatic heterocycles. The predicted molar refractivity (Wildman–Crippen MR) is 79.5 cm³/mol. The van der Waals surface area contributed by atoms with Crippen LogP contribution >= 0.6 is 11.6 Å². The summed E-state index contributed by atoms with van der Waals surface area (Å²) >= 11 is 6.01. The molecular formula is C15H12ClNO4. The van der Waals surface area contributed by atoms with Crippen LogP contribution in [0.5, 0.6) is 0 Å². The first-order chi connectivity index (χ1) is 10.0. The number of carbonyl (C=O) groups excluding carboxylic acids is 1. The summed E-state index contributed by atoms with van der Waals surface area (Å²) in [5.41, 5.74) is 0.982. The van der Waals surface area contributed by atoms with Crippen molar-refractivity contribution >= 4 is 34.9 Å². The molecule has 2 rings (SSSR count). The molecule has 0 spiro atoms. The molecule has 0 aliphatic rings. The van der Waals surface area contributed by atoms with Crippen LogP contribution in [0.4, 0.5) is 11.4 Å². The van der Waals surface area contributed by atoms with Crippen molar-refractivity contribution in [1.82, 2.24) is 0 Å². The molecule has 5 nitrogen and oxygen atoms in total. The van der Waals surface area contributed by atoms with Gasteiger partial charge in [-0.05, 0) is 24.3 Å². The number of halogens is 1. The van der Waals surface area contributed by atoms with Gasteiger partial charge in [-0.3, -0.25) is 0 Å². The highest BCUT2D eigenvalue weighted by atomic mass is 35.5. The van der Waals surface area contributed by atoms with E-state index in [0.29, 0.717) is 11.4 Å². The van der Waals surface area contributed by atoms with Crippen molar-refractivity contribution in [3.05, 3.63) is 58.6 Å². The molecule has 2 N–H and O–H groups in total. The van der Waals surface area contributed by atoms with Gasteiger partial charge in [0.05, 0.1) is 29.1 Å². The van der Waals surface area contributed by atoms with Crippen molar-refractivity contribution < 1.29 is 19.4 Å². The van der Waals surface area contributed by atoms with Crippen molar-refractivity contribution in [2.24, 2.45) is 0 Å². The lowest BCUT2D eigenvalue weighted by atomic mass is 10.1. The average molecular weight is 306 g/mol. The molecule has 0 amide bonds. The zero-order chi connectivity index (χ0) is 15.4. The van der Waals surface area contributed by atoms with Crippen LogP contribution in [0.25, 0.3) is 0 Å². The Labute approximate surface area is 126 Å². The number of carboxylic acids is 1. The van der Waals surface area contributed by atoms with Gasteiger partial charge in [0.25, 0.3) is 0 Å². The largest absolute Gasteiger partial charge is 0.478 e. The van der Waals surface area contributed by atoms with Gasteiger partial charge in [-0.25, -0.2) is 9.59 Å². The molecule has 0 aromatic heterocycles. The molecule has 108 valence electrons. The number of para-hydroxylation sites is 1. The SMILES string of the molecule is COC(=O)c1c(Cl)cccc1Nc1ccccc1C(=O)O. The number of hydrogen-bond acceptors (Lipinski definition) is 4. The molecular weight excluding hydrogens is 294 g/mol. The summed E-state index contributed by atoms with van der Waals surface area (Å²) in [6, 6.07) is 11.2. The number of anilines is 2. The van der Waals surface area contributed by atoms with E-state index in [1.54, 1.807) is 36.4 Å². The van der Waals surface area contributed by atoms with Gasteiger partial charge < -0.3 is 15.2 Å². The van der Waals surface area contributed by atoms with Crippen molar-refractivity contribution in [2.45, 2.75) is 0 Å². The first kappa shape index (κ1) is 14.9. The number of aromatic carboxylic acids is 1. The number of methoxy groups -OCH3 is 1. The minimum Gasteiger partial charge on any atom is -0.478 e. The third kappa shape index (κ3) is 3.14. The summed E-state index contributed by atoms with van der Waals surface area (Å²) in [5, 5.41) is 12.3. The summed E-state index contributed by atoms with van der Waals surface area (Å²) in [5.74, 6) is -1.67. The van der Waals surface area contributed by atoms with Crippen molar-refractivity contribution in [3.63, 3.8) is 0 Å². The van der Waals surface area contributed by atoms with Gasteiger partial charge in [0.15, 0.2) is 0 Å². The number of benzene rings is 2. The highest BCUT2D eigenvalue weighted by Gasteiger charge is 2.17. The molecule has 2 aromatic carbocycles. The van der Waals surface area contributed by atoms with E-state index in [4.69, 9.17) is 21.4 Å². The third-order valence-corrected chi connectivity index (χ3v) is 3.14. The molecule has 0 bridgehead atoms. The Morgan fingerprint density at radius 2 is 1.76 bits per heavy atom. The lowest BCUT2D eigenvalue weighted by Crippen LogP contribution is -2.08. The van der Waals surface area contributed by atoms with E-state index in [9.17, 15) is 9.59 Å². The molecule has 2 aromatic rings. The van der Waals surface area contributed by atoms with E-state index in [0.717, 1.165) is 0 Å². The van der Waals surface area contributed by atoms with Gasteiger partial charge in [0.1, 0.15) is 5.56 Å². The van der Waals surface area contributed by atoms with Crippen LogP contribution in [0.2, 0.25) is 5.02 Å². The normalized spacial score (nSPS) is 10.0. The van der Waals surface area contributed by atoms with Crippen molar-refractivity contribution in [3.8, 4) is 0 Å². The lowest BCUT2D eigenvalue weighted by molar-refractivity contribution is 0.0601. The summed E-state index contributed by atoms with van der Waals surface area (Å²) < 4.78 is 4.69. The molecule has 0 radical (unpaired) electrons. The molecule has 0 unspecified atom stereocenters. The van der Waals surface area contributed by atoms with Crippen LogP contribution in [-0.2, 0) is 4.74 Å². The zero-order valence-corrected chi connectivity index (χ0v) is 11.8. The number of rotatable bonds is 4. The molecule has 21 heavy (non-hydrogen) atoms. The maximum atomic E-state index is 11.8. The van der Waals surface area contributed by atoms with Gasteiger partial charge >= 0.3 is 11.9 Å². The quantitative estimate of drug-likeness (QED) is 0.845.